The molecule has 1 unspecified atom stereocenters. The van der Waals surface area contributed by atoms with Crippen molar-refractivity contribution in [1.29, 1.82) is 0 Å². The number of hydrogen-bond acceptors (Lipinski definition) is 4. The Bertz CT molecular complexity index is 727. The number of carbonyl (C=O) groups is 1. The van der Waals surface area contributed by atoms with Gasteiger partial charge in [-0.2, -0.15) is 4.98 Å². The molecule has 2 aromatic heterocycles. The molecule has 0 amide bonds. The zero-order chi connectivity index (χ0) is 15.8. The standard InChI is InChI=1S/C14H22N5O2/c1-6-19(5,7-2)10(3)14(21)18-9-15-12-11(18)13(20)16-8-17(12)4/h8-10H,6-7H2,1-5H3/q+1. The molecule has 1 atom stereocenters. The predicted octanol–water partition coefficient (Wildman–Crippen LogP) is 0.645. The highest BCUT2D eigenvalue weighted by atomic mass is 16.2. The number of likely N-dealkylation sites (N-methyl/N-ethyl adjacent to an activating group) is 1. The van der Waals surface area contributed by atoms with Gasteiger partial charge in [-0.15, -0.1) is 0 Å². The highest BCUT2D eigenvalue weighted by Crippen LogP contribution is 2.14. The molecule has 0 aliphatic carbocycles. The molecule has 0 saturated heterocycles. The summed E-state index contributed by atoms with van der Waals surface area (Å²) in [6.45, 7) is 7.68. The molecule has 21 heavy (non-hydrogen) atoms. The molecule has 0 N–H and O–H groups in total. The Morgan fingerprint density at radius 2 is 1.90 bits per heavy atom. The third kappa shape index (κ3) is 2.37. The van der Waals surface area contributed by atoms with Crippen LogP contribution in [0.25, 0.3) is 11.2 Å². The van der Waals surface area contributed by atoms with Crippen molar-refractivity contribution in [3.8, 4) is 0 Å². The summed E-state index contributed by atoms with van der Waals surface area (Å²) in [4.78, 5) is 32.7. The van der Waals surface area contributed by atoms with Gasteiger partial charge in [0.25, 0.3) is 11.5 Å². The summed E-state index contributed by atoms with van der Waals surface area (Å²) in [5, 5.41) is 0. The molecule has 0 aliphatic heterocycles. The fourth-order valence-electron chi connectivity index (χ4n) is 2.46. The number of carbonyl (C=O) groups excluding carboxylic acids is 1. The Kier molecular flexibility index (Phi) is 3.95. The van der Waals surface area contributed by atoms with Crippen molar-refractivity contribution in [2.45, 2.75) is 26.8 Å². The van der Waals surface area contributed by atoms with Gasteiger partial charge in [0.05, 0.1) is 20.1 Å². The van der Waals surface area contributed by atoms with E-state index in [0.29, 0.717) is 10.1 Å². The summed E-state index contributed by atoms with van der Waals surface area (Å²) in [5.41, 5.74) is 0.289. The number of aryl methyl sites for hydroxylation is 1. The van der Waals surface area contributed by atoms with E-state index in [9.17, 15) is 9.59 Å². The van der Waals surface area contributed by atoms with Crippen molar-refractivity contribution in [2.75, 3.05) is 20.1 Å². The maximum absolute atomic E-state index is 12.8. The van der Waals surface area contributed by atoms with Crippen LogP contribution in [0.5, 0.6) is 0 Å². The minimum Gasteiger partial charge on any atom is -0.318 e. The minimum atomic E-state index is -0.427. The number of hydrogen-bond donors (Lipinski definition) is 0. The number of imidazole rings is 1. The van der Waals surface area contributed by atoms with Crippen LogP contribution in [0.3, 0.4) is 0 Å². The lowest BCUT2D eigenvalue weighted by molar-refractivity contribution is -0.919. The third-order valence-electron chi connectivity index (χ3n) is 4.61. The molecule has 114 valence electrons. The molecule has 0 aliphatic rings. The van der Waals surface area contributed by atoms with Crippen molar-refractivity contribution in [2.24, 2.45) is 7.05 Å². The molecule has 0 fully saturated rings. The maximum Gasteiger partial charge on any atom is 0.299 e. The maximum atomic E-state index is 12.8. The molecular formula is C14H22N5O2+. The number of nitrogens with zero attached hydrogens (tertiary/aromatic N) is 5. The molecule has 0 radical (unpaired) electrons. The summed E-state index contributed by atoms with van der Waals surface area (Å²) in [6, 6.07) is -0.262. The van der Waals surface area contributed by atoms with Gasteiger partial charge >= 0.3 is 0 Å². The first-order chi connectivity index (χ1) is 9.85. The first kappa shape index (κ1) is 15.4. The predicted molar refractivity (Wildman–Crippen MR) is 80.1 cm³/mol. The number of quaternary nitrogens is 1. The normalized spacial score (nSPS) is 13.6. The molecule has 0 saturated carbocycles. The first-order valence-electron chi connectivity index (χ1n) is 7.12. The average molecular weight is 292 g/mol. The second kappa shape index (κ2) is 5.40. The zero-order valence-electron chi connectivity index (χ0n) is 13.2. The van der Waals surface area contributed by atoms with E-state index in [-0.39, 0.29) is 17.5 Å². The molecule has 0 bridgehead atoms. The largest absolute Gasteiger partial charge is 0.318 e. The SMILES string of the molecule is CC[N+](C)(CC)C(C)C(=O)n1cnc2c1c(=O)ncn2C. The molecule has 2 rings (SSSR count). The van der Waals surface area contributed by atoms with E-state index in [1.54, 1.807) is 11.6 Å². The van der Waals surface area contributed by atoms with Crippen molar-refractivity contribution in [3.05, 3.63) is 23.0 Å². The lowest BCUT2D eigenvalue weighted by Crippen LogP contribution is -2.55. The molecule has 2 aromatic rings. The van der Waals surface area contributed by atoms with Crippen LogP contribution in [-0.4, -0.2) is 55.7 Å². The van der Waals surface area contributed by atoms with Crippen LogP contribution in [0.1, 0.15) is 25.6 Å². The van der Waals surface area contributed by atoms with Gasteiger partial charge in [-0.3, -0.25) is 14.2 Å². The third-order valence-corrected chi connectivity index (χ3v) is 4.61. The van der Waals surface area contributed by atoms with E-state index in [1.807, 2.05) is 14.0 Å². The van der Waals surface area contributed by atoms with Crippen LogP contribution in [0.15, 0.2) is 17.4 Å². The Morgan fingerprint density at radius 3 is 2.48 bits per heavy atom. The van der Waals surface area contributed by atoms with Crippen molar-refractivity contribution >= 4 is 17.1 Å². The Morgan fingerprint density at radius 1 is 1.29 bits per heavy atom. The quantitative estimate of drug-likeness (QED) is 0.776. The Labute approximate surface area is 123 Å². The lowest BCUT2D eigenvalue weighted by atomic mass is 10.2. The van der Waals surface area contributed by atoms with E-state index in [1.165, 1.54) is 17.2 Å². The van der Waals surface area contributed by atoms with Gasteiger partial charge in [0, 0.05) is 7.05 Å². The summed E-state index contributed by atoms with van der Waals surface area (Å²) >= 11 is 0. The van der Waals surface area contributed by atoms with Gasteiger partial charge in [0.15, 0.2) is 17.2 Å². The molecule has 0 spiro atoms. The Balaban J connectivity index is 2.55. The summed E-state index contributed by atoms with van der Waals surface area (Å²) < 4.78 is 3.59. The molecule has 7 heteroatoms. The molecule has 2 heterocycles. The van der Waals surface area contributed by atoms with Gasteiger partial charge in [-0.05, 0) is 20.8 Å². The summed E-state index contributed by atoms with van der Waals surface area (Å²) in [6.07, 6.45) is 2.83. The monoisotopic (exact) mass is 292 g/mol. The van der Waals surface area contributed by atoms with Gasteiger partial charge in [0.2, 0.25) is 0 Å². The van der Waals surface area contributed by atoms with E-state index < -0.39 is 5.56 Å². The fraction of sp³-hybridized carbons (Fsp3) is 0.571. The number of rotatable bonds is 4. The van der Waals surface area contributed by atoms with E-state index in [0.717, 1.165) is 13.1 Å². The van der Waals surface area contributed by atoms with Crippen LogP contribution >= 0.6 is 0 Å². The van der Waals surface area contributed by atoms with E-state index in [2.05, 4.69) is 23.8 Å². The topological polar surface area (TPSA) is 69.8 Å². The summed E-state index contributed by atoms with van der Waals surface area (Å²) in [5.74, 6) is -0.131. The van der Waals surface area contributed by atoms with Crippen LogP contribution < -0.4 is 5.56 Å². The molecular weight excluding hydrogens is 270 g/mol. The highest BCUT2D eigenvalue weighted by molar-refractivity contribution is 5.91. The van der Waals surface area contributed by atoms with Crippen LogP contribution in [0, 0.1) is 0 Å². The van der Waals surface area contributed by atoms with Crippen LogP contribution in [0.4, 0.5) is 0 Å². The lowest BCUT2D eigenvalue weighted by Gasteiger charge is -2.37. The fourth-order valence-corrected chi connectivity index (χ4v) is 2.46. The van der Waals surface area contributed by atoms with Gasteiger partial charge in [-0.1, -0.05) is 0 Å². The van der Waals surface area contributed by atoms with Crippen LogP contribution in [-0.2, 0) is 7.05 Å². The highest BCUT2D eigenvalue weighted by Gasteiger charge is 2.33. The average Bonchev–Trinajstić information content (AvgIpc) is 2.94. The van der Waals surface area contributed by atoms with E-state index >= 15 is 0 Å². The Hall–Kier alpha value is -2.02. The number of aromatic nitrogens is 4. The number of fused-ring (bicyclic) bond motifs is 1. The van der Waals surface area contributed by atoms with Gasteiger partial charge < -0.3 is 9.05 Å². The van der Waals surface area contributed by atoms with Crippen LogP contribution in [0.2, 0.25) is 0 Å². The smallest absolute Gasteiger partial charge is 0.299 e. The van der Waals surface area contributed by atoms with Crippen molar-refractivity contribution < 1.29 is 9.28 Å². The van der Waals surface area contributed by atoms with Gasteiger partial charge in [-0.25, -0.2) is 4.98 Å². The summed E-state index contributed by atoms with van der Waals surface area (Å²) in [7, 11) is 3.79. The second-order valence-corrected chi connectivity index (χ2v) is 5.57. The minimum absolute atomic E-state index is 0.131. The first-order valence-corrected chi connectivity index (χ1v) is 7.12. The zero-order valence-corrected chi connectivity index (χ0v) is 13.2. The van der Waals surface area contributed by atoms with Crippen molar-refractivity contribution in [3.63, 3.8) is 0 Å². The van der Waals surface area contributed by atoms with Gasteiger partial charge in [0.1, 0.15) is 12.7 Å². The van der Waals surface area contributed by atoms with E-state index in [4.69, 9.17) is 0 Å². The molecule has 7 nitrogen and oxygen atoms in total. The molecule has 0 aromatic carbocycles. The second-order valence-electron chi connectivity index (χ2n) is 5.57. The van der Waals surface area contributed by atoms with Crippen molar-refractivity contribution in [1.82, 2.24) is 19.1 Å².